The highest BCUT2D eigenvalue weighted by Crippen LogP contribution is 2.47. The number of amides is 2. The van der Waals surface area contributed by atoms with E-state index in [1.54, 1.807) is 0 Å². The third kappa shape index (κ3) is 4.15. The van der Waals surface area contributed by atoms with E-state index in [2.05, 4.69) is 31.4 Å². The summed E-state index contributed by atoms with van der Waals surface area (Å²) in [5.74, 6) is -0.350. The second-order valence-corrected chi connectivity index (χ2v) is 7.89. The summed E-state index contributed by atoms with van der Waals surface area (Å²) >= 11 is 0. The van der Waals surface area contributed by atoms with Crippen molar-refractivity contribution in [1.82, 2.24) is 10.2 Å². The van der Waals surface area contributed by atoms with Gasteiger partial charge in [-0.05, 0) is 44.0 Å². The SMILES string of the molecule is CN(C)CCNC(=O)C1(C(=O)Nc2ccccc2C(C)(C)C)CC1. The van der Waals surface area contributed by atoms with E-state index in [9.17, 15) is 9.59 Å². The highest BCUT2D eigenvalue weighted by molar-refractivity contribution is 6.13. The molecule has 1 aliphatic carbocycles. The second-order valence-electron chi connectivity index (χ2n) is 7.89. The first-order chi connectivity index (χ1) is 11.2. The van der Waals surface area contributed by atoms with E-state index in [0.29, 0.717) is 19.4 Å². The van der Waals surface area contributed by atoms with E-state index in [-0.39, 0.29) is 17.2 Å². The molecule has 1 aromatic rings. The zero-order valence-electron chi connectivity index (χ0n) is 15.4. The number of benzene rings is 1. The van der Waals surface area contributed by atoms with Crippen LogP contribution in [0.4, 0.5) is 5.69 Å². The van der Waals surface area contributed by atoms with Crippen molar-refractivity contribution in [2.75, 3.05) is 32.5 Å². The second kappa shape index (κ2) is 6.93. The number of para-hydroxylation sites is 1. The van der Waals surface area contributed by atoms with Crippen LogP contribution in [0.15, 0.2) is 24.3 Å². The molecule has 1 aromatic carbocycles. The van der Waals surface area contributed by atoms with Gasteiger partial charge in [0.05, 0.1) is 0 Å². The fourth-order valence-electron chi connectivity index (χ4n) is 2.73. The average Bonchev–Trinajstić information content (AvgIpc) is 3.28. The molecule has 1 fully saturated rings. The van der Waals surface area contributed by atoms with Crippen molar-refractivity contribution in [2.45, 2.75) is 39.0 Å². The molecule has 2 N–H and O–H groups in total. The molecule has 0 heterocycles. The molecule has 0 aliphatic heterocycles. The first kappa shape index (κ1) is 18.5. The quantitative estimate of drug-likeness (QED) is 0.787. The number of anilines is 1. The van der Waals surface area contributed by atoms with Crippen LogP contribution < -0.4 is 10.6 Å². The van der Waals surface area contributed by atoms with E-state index in [1.807, 2.05) is 43.3 Å². The summed E-state index contributed by atoms with van der Waals surface area (Å²) in [6, 6.07) is 7.80. The van der Waals surface area contributed by atoms with Gasteiger partial charge in [-0.2, -0.15) is 0 Å². The monoisotopic (exact) mass is 331 g/mol. The van der Waals surface area contributed by atoms with Gasteiger partial charge in [0.2, 0.25) is 11.8 Å². The Morgan fingerprint density at radius 1 is 1.12 bits per heavy atom. The molecule has 5 heteroatoms. The average molecular weight is 331 g/mol. The molecule has 0 aromatic heterocycles. The number of rotatable bonds is 6. The zero-order valence-corrected chi connectivity index (χ0v) is 15.4. The molecule has 5 nitrogen and oxygen atoms in total. The highest BCUT2D eigenvalue weighted by atomic mass is 16.2. The lowest BCUT2D eigenvalue weighted by Gasteiger charge is -2.24. The first-order valence-corrected chi connectivity index (χ1v) is 8.51. The van der Waals surface area contributed by atoms with E-state index >= 15 is 0 Å². The van der Waals surface area contributed by atoms with Crippen LogP contribution in [0.1, 0.15) is 39.2 Å². The van der Waals surface area contributed by atoms with Gasteiger partial charge in [-0.1, -0.05) is 39.0 Å². The molecule has 24 heavy (non-hydrogen) atoms. The van der Waals surface area contributed by atoms with E-state index in [1.165, 1.54) is 0 Å². The van der Waals surface area contributed by atoms with Gasteiger partial charge in [-0.3, -0.25) is 9.59 Å². The van der Waals surface area contributed by atoms with Crippen LogP contribution in [-0.4, -0.2) is 43.9 Å². The molecule has 1 aliphatic rings. The number of likely N-dealkylation sites (N-methyl/N-ethyl adjacent to an activating group) is 1. The minimum Gasteiger partial charge on any atom is -0.354 e. The molecule has 0 saturated heterocycles. The fraction of sp³-hybridized carbons (Fsp3) is 0.579. The van der Waals surface area contributed by atoms with Crippen LogP contribution in [0.25, 0.3) is 0 Å². The maximum atomic E-state index is 12.7. The van der Waals surface area contributed by atoms with Crippen molar-refractivity contribution < 1.29 is 9.59 Å². The Labute approximate surface area is 144 Å². The topological polar surface area (TPSA) is 61.4 Å². The summed E-state index contributed by atoms with van der Waals surface area (Å²) in [6.07, 6.45) is 1.23. The third-order valence-electron chi connectivity index (χ3n) is 4.45. The largest absolute Gasteiger partial charge is 0.354 e. The summed E-state index contributed by atoms with van der Waals surface area (Å²) in [5, 5.41) is 5.88. The molecule has 0 unspecified atom stereocenters. The van der Waals surface area contributed by atoms with Crippen molar-refractivity contribution in [1.29, 1.82) is 0 Å². The Morgan fingerprint density at radius 2 is 1.75 bits per heavy atom. The number of hydrogen-bond acceptors (Lipinski definition) is 3. The van der Waals surface area contributed by atoms with Crippen LogP contribution in [0.2, 0.25) is 0 Å². The molecule has 2 amide bonds. The van der Waals surface area contributed by atoms with E-state index in [4.69, 9.17) is 0 Å². The molecule has 0 atom stereocenters. The van der Waals surface area contributed by atoms with Crippen molar-refractivity contribution in [3.63, 3.8) is 0 Å². The zero-order chi connectivity index (χ0) is 18.0. The molecule has 132 valence electrons. The molecule has 0 bridgehead atoms. The van der Waals surface area contributed by atoms with Gasteiger partial charge in [0.25, 0.3) is 0 Å². The predicted molar refractivity (Wildman–Crippen MR) is 97.0 cm³/mol. The lowest BCUT2D eigenvalue weighted by atomic mass is 9.85. The molecule has 0 radical (unpaired) electrons. The van der Waals surface area contributed by atoms with Gasteiger partial charge in [0.15, 0.2) is 0 Å². The van der Waals surface area contributed by atoms with Crippen LogP contribution in [0.3, 0.4) is 0 Å². The minimum absolute atomic E-state index is 0.0748. The molecule has 0 spiro atoms. The Morgan fingerprint density at radius 3 is 2.29 bits per heavy atom. The van der Waals surface area contributed by atoms with Gasteiger partial charge < -0.3 is 15.5 Å². The molecular formula is C19H29N3O2. The number of carbonyl (C=O) groups is 2. The molecular weight excluding hydrogens is 302 g/mol. The summed E-state index contributed by atoms with van der Waals surface area (Å²) in [5.41, 5.74) is 0.899. The van der Waals surface area contributed by atoms with Gasteiger partial charge in [0.1, 0.15) is 5.41 Å². The predicted octanol–water partition coefficient (Wildman–Crippen LogP) is 2.38. The first-order valence-electron chi connectivity index (χ1n) is 8.51. The van der Waals surface area contributed by atoms with Crippen molar-refractivity contribution in [2.24, 2.45) is 5.41 Å². The van der Waals surface area contributed by atoms with Crippen molar-refractivity contribution >= 4 is 17.5 Å². The van der Waals surface area contributed by atoms with Crippen LogP contribution >= 0.6 is 0 Å². The van der Waals surface area contributed by atoms with Gasteiger partial charge in [-0.15, -0.1) is 0 Å². The standard InChI is InChI=1S/C19H29N3O2/c1-18(2,3)14-8-6-7-9-15(14)21-17(24)19(10-11-19)16(23)20-12-13-22(4)5/h6-9H,10-13H2,1-5H3,(H,20,23)(H,21,24). The Bertz CT molecular complexity index is 613. The maximum absolute atomic E-state index is 12.7. The van der Waals surface area contributed by atoms with Crippen LogP contribution in [0, 0.1) is 5.41 Å². The lowest BCUT2D eigenvalue weighted by Crippen LogP contribution is -2.42. The highest BCUT2D eigenvalue weighted by Gasteiger charge is 2.56. The van der Waals surface area contributed by atoms with E-state index in [0.717, 1.165) is 17.8 Å². The summed E-state index contributed by atoms with van der Waals surface area (Å²) in [7, 11) is 3.91. The van der Waals surface area contributed by atoms with Crippen LogP contribution in [-0.2, 0) is 15.0 Å². The Hall–Kier alpha value is -1.88. The van der Waals surface area contributed by atoms with E-state index < -0.39 is 5.41 Å². The van der Waals surface area contributed by atoms with Gasteiger partial charge in [-0.25, -0.2) is 0 Å². The number of nitrogens with zero attached hydrogens (tertiary/aromatic N) is 1. The number of hydrogen-bond donors (Lipinski definition) is 2. The Balaban J connectivity index is 2.06. The maximum Gasteiger partial charge on any atom is 0.240 e. The summed E-state index contributed by atoms with van der Waals surface area (Å²) < 4.78 is 0. The molecule has 2 rings (SSSR count). The minimum atomic E-state index is -0.892. The van der Waals surface area contributed by atoms with Gasteiger partial charge >= 0.3 is 0 Å². The lowest BCUT2D eigenvalue weighted by molar-refractivity contribution is -0.134. The summed E-state index contributed by atoms with van der Waals surface area (Å²) in [4.78, 5) is 27.2. The van der Waals surface area contributed by atoms with Crippen molar-refractivity contribution in [3.05, 3.63) is 29.8 Å². The Kier molecular flexibility index (Phi) is 5.33. The van der Waals surface area contributed by atoms with Crippen LogP contribution in [0.5, 0.6) is 0 Å². The van der Waals surface area contributed by atoms with Gasteiger partial charge in [0, 0.05) is 18.8 Å². The van der Waals surface area contributed by atoms with Crippen molar-refractivity contribution in [3.8, 4) is 0 Å². The normalized spacial score (nSPS) is 15.9. The molecule has 1 saturated carbocycles. The number of nitrogens with one attached hydrogen (secondary N) is 2. The smallest absolute Gasteiger partial charge is 0.240 e. The summed E-state index contributed by atoms with van der Waals surface area (Å²) in [6.45, 7) is 7.65. The fourth-order valence-corrected chi connectivity index (χ4v) is 2.73. The number of carbonyl (C=O) groups excluding carboxylic acids is 2. The third-order valence-corrected chi connectivity index (χ3v) is 4.45.